The zero-order valence-corrected chi connectivity index (χ0v) is 17.5. The summed E-state index contributed by atoms with van der Waals surface area (Å²) in [4.78, 5) is 12.2. The summed E-state index contributed by atoms with van der Waals surface area (Å²) < 4.78 is 32.6. The van der Waals surface area contributed by atoms with Crippen LogP contribution in [0.5, 0.6) is 0 Å². The molecular formula is C21H20ClN3O4S. The van der Waals surface area contributed by atoms with Crippen molar-refractivity contribution in [2.75, 3.05) is 6.54 Å². The van der Waals surface area contributed by atoms with Crippen molar-refractivity contribution in [3.63, 3.8) is 0 Å². The Labute approximate surface area is 180 Å². The Kier molecular flexibility index (Phi) is 7.40. The van der Waals surface area contributed by atoms with E-state index in [1.807, 2.05) is 30.3 Å². The van der Waals surface area contributed by atoms with Gasteiger partial charge in [-0.15, -0.1) is 0 Å². The third-order valence-electron chi connectivity index (χ3n) is 4.15. The van der Waals surface area contributed by atoms with Crippen molar-refractivity contribution in [3.05, 3.63) is 89.3 Å². The number of rotatable bonds is 9. The molecule has 0 atom stereocenters. The summed E-state index contributed by atoms with van der Waals surface area (Å²) in [5, 5.41) is 4.33. The van der Waals surface area contributed by atoms with Gasteiger partial charge in [0, 0.05) is 18.0 Å². The molecule has 7 nitrogen and oxygen atoms in total. The summed E-state index contributed by atoms with van der Waals surface area (Å²) in [5.41, 5.74) is 3.25. The minimum absolute atomic E-state index is 0.00147. The maximum Gasteiger partial charge on any atom is 0.243 e. The molecule has 30 heavy (non-hydrogen) atoms. The Morgan fingerprint density at radius 1 is 1.07 bits per heavy atom. The second kappa shape index (κ2) is 10.2. The van der Waals surface area contributed by atoms with Crippen molar-refractivity contribution in [2.24, 2.45) is 5.10 Å². The number of amides is 1. The first kappa shape index (κ1) is 21.8. The number of benzene rings is 2. The van der Waals surface area contributed by atoms with Crippen molar-refractivity contribution in [1.82, 2.24) is 9.73 Å². The van der Waals surface area contributed by atoms with Crippen molar-refractivity contribution in [2.45, 2.75) is 17.9 Å². The van der Waals surface area contributed by atoms with Gasteiger partial charge in [0.25, 0.3) is 0 Å². The van der Waals surface area contributed by atoms with Gasteiger partial charge in [0.05, 0.1) is 23.9 Å². The molecule has 0 aliphatic carbocycles. The van der Waals surface area contributed by atoms with E-state index in [0.29, 0.717) is 10.8 Å². The van der Waals surface area contributed by atoms with Gasteiger partial charge >= 0.3 is 0 Å². The van der Waals surface area contributed by atoms with Gasteiger partial charge < -0.3 is 4.42 Å². The summed E-state index contributed by atoms with van der Waals surface area (Å²) in [7, 11) is -3.86. The molecule has 1 amide bonds. The highest BCUT2D eigenvalue weighted by molar-refractivity contribution is 7.89. The van der Waals surface area contributed by atoms with Crippen molar-refractivity contribution >= 4 is 33.7 Å². The second-order valence-corrected chi connectivity index (χ2v) is 8.70. The smallest absolute Gasteiger partial charge is 0.243 e. The summed E-state index contributed by atoms with van der Waals surface area (Å²) in [6.07, 6.45) is 2.91. The van der Waals surface area contributed by atoms with E-state index in [4.69, 9.17) is 16.0 Å². The molecule has 0 spiro atoms. The molecule has 1 N–H and O–H groups in total. The molecule has 0 saturated carbocycles. The van der Waals surface area contributed by atoms with Gasteiger partial charge in [0.1, 0.15) is 5.76 Å². The lowest BCUT2D eigenvalue weighted by Gasteiger charge is -2.21. The van der Waals surface area contributed by atoms with Crippen molar-refractivity contribution in [3.8, 4) is 0 Å². The number of halogens is 1. The predicted octanol–water partition coefficient (Wildman–Crippen LogP) is 3.66. The molecule has 0 radical (unpaired) electrons. The standard InChI is InChI=1S/C21H20ClN3O4S/c22-18-8-10-20(11-9-18)30(27,28)25(16-19-7-4-14-29-19)13-12-21(26)24-23-15-17-5-2-1-3-6-17/h1-11,14-15H,12-13,16H2,(H,24,26)/b23-15+. The molecule has 2 aromatic carbocycles. The predicted molar refractivity (Wildman–Crippen MR) is 115 cm³/mol. The fourth-order valence-electron chi connectivity index (χ4n) is 2.62. The third kappa shape index (κ3) is 6.03. The van der Waals surface area contributed by atoms with E-state index in [2.05, 4.69) is 10.5 Å². The topological polar surface area (TPSA) is 92.0 Å². The van der Waals surface area contributed by atoms with Crippen LogP contribution in [0.4, 0.5) is 0 Å². The number of carbonyl (C=O) groups excluding carboxylic acids is 1. The number of carbonyl (C=O) groups is 1. The van der Waals surface area contributed by atoms with Crippen LogP contribution in [-0.4, -0.2) is 31.4 Å². The highest BCUT2D eigenvalue weighted by Gasteiger charge is 2.26. The average Bonchev–Trinajstić information content (AvgIpc) is 3.25. The van der Waals surface area contributed by atoms with Crippen LogP contribution in [0.1, 0.15) is 17.7 Å². The summed E-state index contributed by atoms with van der Waals surface area (Å²) in [5.74, 6) is 0.0629. The number of nitrogens with one attached hydrogen (secondary N) is 1. The molecule has 0 bridgehead atoms. The van der Waals surface area contributed by atoms with Crippen LogP contribution >= 0.6 is 11.6 Å². The summed E-state index contributed by atoms with van der Waals surface area (Å²) >= 11 is 5.86. The zero-order chi connectivity index (χ0) is 21.4. The number of furan rings is 1. The van der Waals surface area contributed by atoms with Gasteiger partial charge in [-0.2, -0.15) is 9.41 Å². The molecule has 9 heteroatoms. The Balaban J connectivity index is 1.67. The van der Waals surface area contributed by atoms with Gasteiger partial charge in [-0.1, -0.05) is 41.9 Å². The average molecular weight is 446 g/mol. The maximum atomic E-state index is 13.1. The van der Waals surface area contributed by atoms with Crippen molar-refractivity contribution < 1.29 is 17.6 Å². The van der Waals surface area contributed by atoms with Crippen LogP contribution < -0.4 is 5.43 Å². The first-order chi connectivity index (χ1) is 14.4. The van der Waals surface area contributed by atoms with E-state index >= 15 is 0 Å². The number of hydrazone groups is 1. The van der Waals surface area contributed by atoms with Gasteiger partial charge in [0.2, 0.25) is 15.9 Å². The van der Waals surface area contributed by atoms with Crippen LogP contribution in [0.15, 0.2) is 87.4 Å². The molecule has 1 aromatic heterocycles. The first-order valence-electron chi connectivity index (χ1n) is 9.10. The van der Waals surface area contributed by atoms with Crippen molar-refractivity contribution in [1.29, 1.82) is 0 Å². The van der Waals surface area contributed by atoms with Crippen LogP contribution in [0, 0.1) is 0 Å². The van der Waals surface area contributed by atoms with E-state index in [0.717, 1.165) is 5.56 Å². The molecule has 0 fully saturated rings. The lowest BCUT2D eigenvalue weighted by atomic mass is 10.2. The van der Waals surface area contributed by atoms with E-state index < -0.39 is 15.9 Å². The monoisotopic (exact) mass is 445 g/mol. The van der Waals surface area contributed by atoms with Crippen LogP contribution in [0.2, 0.25) is 5.02 Å². The summed E-state index contributed by atoms with van der Waals surface area (Å²) in [6.45, 7) is -0.0448. The van der Waals surface area contributed by atoms with Gasteiger partial charge in [0.15, 0.2) is 0 Å². The Bertz CT molecular complexity index is 1080. The zero-order valence-electron chi connectivity index (χ0n) is 15.9. The Morgan fingerprint density at radius 2 is 1.80 bits per heavy atom. The maximum absolute atomic E-state index is 13.1. The van der Waals surface area contributed by atoms with E-state index in [1.54, 1.807) is 12.1 Å². The highest BCUT2D eigenvalue weighted by Crippen LogP contribution is 2.21. The normalized spacial score (nSPS) is 11.8. The molecule has 0 aliphatic rings. The third-order valence-corrected chi connectivity index (χ3v) is 6.27. The van der Waals surface area contributed by atoms with Crippen LogP contribution in [-0.2, 0) is 21.4 Å². The quantitative estimate of drug-likeness (QED) is 0.402. The number of hydrogen-bond donors (Lipinski definition) is 1. The fraction of sp³-hybridized carbons (Fsp3) is 0.143. The molecule has 0 unspecified atom stereocenters. The van der Waals surface area contributed by atoms with Gasteiger partial charge in [-0.05, 0) is 42.0 Å². The number of hydrogen-bond acceptors (Lipinski definition) is 5. The largest absolute Gasteiger partial charge is 0.468 e. The van der Waals surface area contributed by atoms with E-state index in [-0.39, 0.29) is 24.4 Å². The molecular weight excluding hydrogens is 426 g/mol. The Morgan fingerprint density at radius 3 is 2.47 bits per heavy atom. The van der Waals surface area contributed by atoms with Gasteiger partial charge in [-0.3, -0.25) is 4.79 Å². The lowest BCUT2D eigenvalue weighted by Crippen LogP contribution is -2.34. The second-order valence-electron chi connectivity index (χ2n) is 6.33. The number of nitrogens with zero attached hydrogens (tertiary/aromatic N) is 2. The molecule has 1 heterocycles. The molecule has 0 aliphatic heterocycles. The molecule has 3 rings (SSSR count). The molecule has 156 valence electrons. The minimum Gasteiger partial charge on any atom is -0.468 e. The number of sulfonamides is 1. The first-order valence-corrected chi connectivity index (χ1v) is 10.9. The summed E-state index contributed by atoms with van der Waals surface area (Å²) in [6, 6.07) is 18.5. The fourth-order valence-corrected chi connectivity index (χ4v) is 4.15. The highest BCUT2D eigenvalue weighted by atomic mass is 35.5. The van der Waals surface area contributed by atoms with E-state index in [9.17, 15) is 13.2 Å². The Hall–Kier alpha value is -2.94. The molecule has 3 aromatic rings. The van der Waals surface area contributed by atoms with E-state index in [1.165, 1.54) is 41.0 Å². The van der Waals surface area contributed by atoms with Crippen LogP contribution in [0.3, 0.4) is 0 Å². The SMILES string of the molecule is O=C(CCN(Cc1ccco1)S(=O)(=O)c1ccc(Cl)cc1)N/N=C/c1ccccc1. The van der Waals surface area contributed by atoms with Gasteiger partial charge in [-0.25, -0.2) is 13.8 Å². The molecule has 0 saturated heterocycles. The van der Waals surface area contributed by atoms with Crippen LogP contribution in [0.25, 0.3) is 0 Å². The lowest BCUT2D eigenvalue weighted by molar-refractivity contribution is -0.121. The minimum atomic E-state index is -3.86.